The van der Waals surface area contributed by atoms with Crippen molar-refractivity contribution < 1.29 is 20.3 Å². The Labute approximate surface area is 195 Å². The number of aryl methyl sites for hydroxylation is 1. The highest BCUT2D eigenvalue weighted by molar-refractivity contribution is 6.58. The summed E-state index contributed by atoms with van der Waals surface area (Å²) in [6.45, 7) is 2.11. The molecule has 4 aromatic rings. The van der Waals surface area contributed by atoms with E-state index in [2.05, 4.69) is 55.5 Å². The van der Waals surface area contributed by atoms with Gasteiger partial charge in [-0.3, -0.25) is 0 Å². The lowest BCUT2D eigenvalue weighted by molar-refractivity contribution is 0.415. The Kier molecular flexibility index (Phi) is 12.5. The Bertz CT molecular complexity index is 993. The Morgan fingerprint density at radius 1 is 0.656 bits per heavy atom. The average molecular weight is 451 g/mol. The first-order chi connectivity index (χ1) is 15.0. The van der Waals surface area contributed by atoms with Gasteiger partial charge in [-0.1, -0.05) is 102 Å². The first-order valence-corrected chi connectivity index (χ1v) is 10.2. The first-order valence-electron chi connectivity index (χ1n) is 9.82. The van der Waals surface area contributed by atoms with Crippen LogP contribution in [0, 0.1) is 6.92 Å². The van der Waals surface area contributed by atoms with Crippen molar-refractivity contribution in [1.82, 2.24) is 0 Å². The maximum atomic E-state index is 8.58. The highest BCUT2D eigenvalue weighted by Gasteiger charge is 2.07. The van der Waals surface area contributed by atoms with Crippen molar-refractivity contribution in [2.75, 3.05) is 7.11 Å². The molecule has 0 heterocycles. The van der Waals surface area contributed by atoms with Gasteiger partial charge in [-0.15, -0.1) is 0 Å². The summed E-state index contributed by atoms with van der Waals surface area (Å²) in [4.78, 5) is 0. The zero-order valence-corrected chi connectivity index (χ0v) is 18.9. The molecule has 0 unspecified atom stereocenters. The largest absolute Gasteiger partial charge is 0.497 e. The predicted molar refractivity (Wildman–Crippen MR) is 135 cm³/mol. The van der Waals surface area contributed by atoms with Crippen LogP contribution in [0.1, 0.15) is 5.56 Å². The van der Waals surface area contributed by atoms with E-state index in [0.29, 0.717) is 5.46 Å². The lowest BCUT2D eigenvalue weighted by Crippen LogP contribution is -2.29. The molecule has 4 N–H and O–H groups in total. The predicted octanol–water partition coefficient (Wildman–Crippen LogP) is 4.55. The molecule has 0 amide bonds. The van der Waals surface area contributed by atoms with E-state index >= 15 is 0 Å². The number of hydrogen-bond acceptors (Lipinski definition) is 3. The van der Waals surface area contributed by atoms with E-state index in [1.54, 1.807) is 43.5 Å². The second kappa shape index (κ2) is 14.8. The summed E-state index contributed by atoms with van der Waals surface area (Å²) >= 11 is 5.61. The van der Waals surface area contributed by atoms with Gasteiger partial charge in [0.25, 0.3) is 0 Å². The van der Waals surface area contributed by atoms with Gasteiger partial charge in [0.05, 0.1) is 7.11 Å². The van der Waals surface area contributed by atoms with Gasteiger partial charge < -0.3 is 20.3 Å². The van der Waals surface area contributed by atoms with Crippen LogP contribution in [0.4, 0.5) is 0 Å². The molecule has 4 rings (SSSR count). The van der Waals surface area contributed by atoms with Crippen molar-refractivity contribution in [2.45, 2.75) is 6.92 Å². The SMILES string of the molecule is COc1ccc(Cl)cc1.Cc1ccc(-c2ccccc2)cc1.O.OB(O)c1ccccc1. The number of hydrogen-bond donors (Lipinski definition) is 2. The highest BCUT2D eigenvalue weighted by Crippen LogP contribution is 2.18. The van der Waals surface area contributed by atoms with Gasteiger partial charge >= 0.3 is 7.12 Å². The van der Waals surface area contributed by atoms with E-state index in [0.717, 1.165) is 10.8 Å². The summed E-state index contributed by atoms with van der Waals surface area (Å²) in [6, 6.07) is 34.9. The second-order valence-corrected chi connectivity index (χ2v) is 7.11. The summed E-state index contributed by atoms with van der Waals surface area (Å²) < 4.78 is 4.91. The van der Waals surface area contributed by atoms with E-state index in [-0.39, 0.29) is 5.48 Å². The zero-order chi connectivity index (χ0) is 22.5. The van der Waals surface area contributed by atoms with Crippen molar-refractivity contribution in [3.63, 3.8) is 0 Å². The topological polar surface area (TPSA) is 81.2 Å². The van der Waals surface area contributed by atoms with Crippen LogP contribution in [-0.2, 0) is 0 Å². The molecular weight excluding hydrogens is 423 g/mol. The molecule has 0 radical (unpaired) electrons. The van der Waals surface area contributed by atoms with E-state index in [9.17, 15) is 0 Å². The number of benzene rings is 4. The molecular formula is C26H28BClO4. The molecule has 0 spiro atoms. The molecule has 0 saturated carbocycles. The molecule has 6 heteroatoms. The summed E-state index contributed by atoms with van der Waals surface area (Å²) in [5.41, 5.74) is 4.39. The fourth-order valence-electron chi connectivity index (χ4n) is 2.57. The lowest BCUT2D eigenvalue weighted by atomic mass is 9.81. The van der Waals surface area contributed by atoms with Crippen molar-refractivity contribution in [3.8, 4) is 16.9 Å². The molecule has 0 bridgehead atoms. The molecule has 0 aliphatic heterocycles. The van der Waals surface area contributed by atoms with Crippen LogP contribution in [0.15, 0.2) is 109 Å². The van der Waals surface area contributed by atoms with E-state index in [1.807, 2.05) is 24.3 Å². The third-order valence-corrected chi connectivity index (χ3v) is 4.56. The Balaban J connectivity index is 0.000000243. The Hall–Kier alpha value is -3.09. The minimum absolute atomic E-state index is 0. The van der Waals surface area contributed by atoms with Gasteiger partial charge in [0, 0.05) is 5.02 Å². The Morgan fingerprint density at radius 2 is 1.12 bits per heavy atom. The fraction of sp³-hybridized carbons (Fsp3) is 0.0769. The molecule has 32 heavy (non-hydrogen) atoms. The fourth-order valence-corrected chi connectivity index (χ4v) is 2.70. The molecule has 0 saturated heterocycles. The monoisotopic (exact) mass is 450 g/mol. The van der Waals surface area contributed by atoms with Gasteiger partial charge in [-0.25, -0.2) is 0 Å². The molecule has 0 aromatic heterocycles. The number of ether oxygens (including phenoxy) is 1. The molecule has 4 nitrogen and oxygen atoms in total. The number of methoxy groups -OCH3 is 1. The molecule has 0 fully saturated rings. The van der Waals surface area contributed by atoms with Crippen LogP contribution in [0.2, 0.25) is 5.02 Å². The van der Waals surface area contributed by atoms with Gasteiger partial charge in [0.2, 0.25) is 0 Å². The first kappa shape index (κ1) is 26.9. The zero-order valence-electron chi connectivity index (χ0n) is 18.2. The van der Waals surface area contributed by atoms with Crippen molar-refractivity contribution in [3.05, 3.63) is 120 Å². The van der Waals surface area contributed by atoms with Crippen LogP contribution in [0.25, 0.3) is 11.1 Å². The van der Waals surface area contributed by atoms with Gasteiger partial charge in [0.15, 0.2) is 0 Å². The highest BCUT2D eigenvalue weighted by atomic mass is 35.5. The molecule has 0 atom stereocenters. The van der Waals surface area contributed by atoms with Gasteiger partial charge in [0.1, 0.15) is 5.75 Å². The van der Waals surface area contributed by atoms with Gasteiger partial charge in [-0.05, 0) is 47.8 Å². The maximum Gasteiger partial charge on any atom is 0.488 e. The smallest absolute Gasteiger partial charge is 0.488 e. The minimum atomic E-state index is -1.34. The normalized spacial score (nSPS) is 9.16. The molecule has 4 aromatic carbocycles. The van der Waals surface area contributed by atoms with Crippen LogP contribution < -0.4 is 10.2 Å². The quantitative estimate of drug-likeness (QED) is 0.449. The number of halogens is 1. The molecule has 0 aliphatic rings. The van der Waals surface area contributed by atoms with Crippen LogP contribution in [0.3, 0.4) is 0 Å². The van der Waals surface area contributed by atoms with Crippen LogP contribution in [0.5, 0.6) is 5.75 Å². The van der Waals surface area contributed by atoms with E-state index in [4.69, 9.17) is 26.4 Å². The van der Waals surface area contributed by atoms with Crippen LogP contribution in [-0.4, -0.2) is 29.8 Å². The molecule has 166 valence electrons. The maximum absolute atomic E-state index is 8.58. The third kappa shape index (κ3) is 9.81. The third-order valence-electron chi connectivity index (χ3n) is 4.31. The summed E-state index contributed by atoms with van der Waals surface area (Å²) in [6.07, 6.45) is 0. The second-order valence-electron chi connectivity index (χ2n) is 6.67. The van der Waals surface area contributed by atoms with E-state index < -0.39 is 7.12 Å². The Morgan fingerprint density at radius 3 is 1.56 bits per heavy atom. The molecule has 0 aliphatic carbocycles. The lowest BCUT2D eigenvalue weighted by Gasteiger charge is -2.00. The van der Waals surface area contributed by atoms with Crippen LogP contribution >= 0.6 is 11.6 Å². The number of rotatable bonds is 3. The summed E-state index contributed by atoms with van der Waals surface area (Å²) in [5.74, 6) is 0.833. The summed E-state index contributed by atoms with van der Waals surface area (Å²) in [5, 5.41) is 17.9. The summed E-state index contributed by atoms with van der Waals surface area (Å²) in [7, 11) is 0.287. The van der Waals surface area contributed by atoms with Gasteiger partial charge in [-0.2, -0.15) is 0 Å². The van der Waals surface area contributed by atoms with Crippen molar-refractivity contribution >= 4 is 24.2 Å². The minimum Gasteiger partial charge on any atom is -0.497 e. The average Bonchev–Trinajstić information content (AvgIpc) is 2.82. The van der Waals surface area contributed by atoms with Crippen molar-refractivity contribution in [1.29, 1.82) is 0 Å². The standard InChI is InChI=1S/C13H12.C7H7ClO.C6H7BO2.H2O/c1-11-7-9-13(10-8-11)12-5-3-2-4-6-12;1-9-7-4-2-6(8)3-5-7;8-7(9)6-4-2-1-3-5-6;/h2-10H,1H3;2-5H,1H3;1-5,8-9H;1H2. The van der Waals surface area contributed by atoms with E-state index in [1.165, 1.54) is 16.7 Å². The van der Waals surface area contributed by atoms with Crippen molar-refractivity contribution in [2.24, 2.45) is 0 Å².